The van der Waals surface area contributed by atoms with Crippen LogP contribution in [0.15, 0.2) is 78.9 Å². The number of hydrogen-bond donors (Lipinski definition) is 3. The average molecular weight is 589 g/mol. The van der Waals surface area contributed by atoms with Crippen molar-refractivity contribution in [3.63, 3.8) is 0 Å². The molecule has 8 heteroatoms. The number of nitrogens with zero attached hydrogens (tertiary/aromatic N) is 1. The van der Waals surface area contributed by atoms with Gasteiger partial charge in [-0.2, -0.15) is 0 Å². The largest absolute Gasteiger partial charge is 0.481 e. The zero-order chi connectivity index (χ0) is 30.4. The van der Waals surface area contributed by atoms with E-state index < -0.39 is 12.3 Å². The molecule has 43 heavy (non-hydrogen) atoms. The van der Waals surface area contributed by atoms with E-state index in [-0.39, 0.29) is 31.1 Å². The summed E-state index contributed by atoms with van der Waals surface area (Å²) in [6.07, 6.45) is 3.71. The lowest BCUT2D eigenvalue weighted by molar-refractivity contribution is -0.252. The Kier molecular flexibility index (Phi) is 12.7. The summed E-state index contributed by atoms with van der Waals surface area (Å²) < 4.78 is 13.0. The summed E-state index contributed by atoms with van der Waals surface area (Å²) in [5.74, 6) is -0.774. The number of aliphatic carboxylic acids is 1. The SMILES string of the molecule is CN(Cc1ccccc1)C[C@@H]1C[C@H](c2ccc(CO)cc2)O[C@H](c2ccc(CNC(=O)CCCCCCC(=O)O)cc2)O1. The number of amides is 1. The Bertz CT molecular complexity index is 1270. The molecule has 0 aliphatic carbocycles. The summed E-state index contributed by atoms with van der Waals surface area (Å²) in [5.41, 5.74) is 5.09. The van der Waals surface area contributed by atoms with Crippen LogP contribution in [0.1, 0.15) is 85.2 Å². The molecule has 1 saturated heterocycles. The Labute approximate surface area is 254 Å². The molecule has 230 valence electrons. The molecule has 3 aromatic carbocycles. The van der Waals surface area contributed by atoms with Gasteiger partial charge in [0, 0.05) is 44.5 Å². The van der Waals surface area contributed by atoms with Crippen molar-refractivity contribution in [2.75, 3.05) is 13.6 Å². The van der Waals surface area contributed by atoms with Gasteiger partial charge in [-0.05, 0) is 42.1 Å². The van der Waals surface area contributed by atoms with Crippen molar-refractivity contribution in [1.29, 1.82) is 0 Å². The highest BCUT2D eigenvalue weighted by Crippen LogP contribution is 2.38. The Morgan fingerprint density at radius 2 is 1.47 bits per heavy atom. The maximum absolute atomic E-state index is 12.3. The molecular formula is C35H44N2O6. The fraction of sp³-hybridized carbons (Fsp3) is 0.429. The van der Waals surface area contributed by atoms with Gasteiger partial charge in [-0.3, -0.25) is 14.5 Å². The van der Waals surface area contributed by atoms with Gasteiger partial charge in [-0.15, -0.1) is 0 Å². The maximum Gasteiger partial charge on any atom is 0.303 e. The molecule has 3 aromatic rings. The van der Waals surface area contributed by atoms with Crippen molar-refractivity contribution in [1.82, 2.24) is 10.2 Å². The number of aliphatic hydroxyl groups excluding tert-OH is 1. The number of ether oxygens (including phenoxy) is 2. The van der Waals surface area contributed by atoms with Gasteiger partial charge in [0.2, 0.25) is 5.91 Å². The number of carboxylic acid groups (broad SMARTS) is 1. The van der Waals surface area contributed by atoms with E-state index in [9.17, 15) is 14.7 Å². The summed E-state index contributed by atoms with van der Waals surface area (Å²) in [6, 6.07) is 26.3. The second-order valence-corrected chi connectivity index (χ2v) is 11.4. The molecule has 4 rings (SSSR count). The molecule has 1 aliphatic heterocycles. The Hall–Kier alpha value is -3.56. The first-order valence-electron chi connectivity index (χ1n) is 15.2. The van der Waals surface area contributed by atoms with Crippen LogP contribution in [0.4, 0.5) is 0 Å². The molecule has 1 heterocycles. The summed E-state index contributed by atoms with van der Waals surface area (Å²) in [5, 5.41) is 21.1. The second kappa shape index (κ2) is 16.9. The lowest BCUT2D eigenvalue weighted by atomic mass is 9.99. The molecule has 0 saturated carbocycles. The fourth-order valence-electron chi connectivity index (χ4n) is 5.34. The van der Waals surface area contributed by atoms with Crippen LogP contribution in [-0.2, 0) is 38.8 Å². The first kappa shape index (κ1) is 32.4. The lowest BCUT2D eigenvalue weighted by Gasteiger charge is -2.38. The third-order valence-corrected chi connectivity index (χ3v) is 7.71. The van der Waals surface area contributed by atoms with Crippen LogP contribution in [0.5, 0.6) is 0 Å². The van der Waals surface area contributed by atoms with E-state index in [0.29, 0.717) is 19.4 Å². The van der Waals surface area contributed by atoms with E-state index in [0.717, 1.165) is 61.0 Å². The van der Waals surface area contributed by atoms with Crippen molar-refractivity contribution in [2.45, 2.75) is 83.1 Å². The standard InChI is InChI=1S/C35H44N2O6/c1-37(23-27-9-5-4-6-10-27)24-31-21-32(29-17-15-28(25-38)16-18-29)43-35(42-31)30-19-13-26(14-20-30)22-36-33(39)11-7-2-3-8-12-34(40)41/h4-6,9-10,13-20,31-32,35,38H,2-3,7-8,11-12,21-25H2,1H3,(H,36,39)(H,40,41)/t31-,32+,35+/m0/s1. The van der Waals surface area contributed by atoms with Crippen LogP contribution in [0.25, 0.3) is 0 Å². The van der Waals surface area contributed by atoms with Crippen LogP contribution in [0, 0.1) is 0 Å². The van der Waals surface area contributed by atoms with E-state index in [1.165, 1.54) is 5.56 Å². The number of carbonyl (C=O) groups is 2. The van der Waals surface area contributed by atoms with Crippen molar-refractivity contribution < 1.29 is 29.3 Å². The molecule has 0 aromatic heterocycles. The summed E-state index contributed by atoms with van der Waals surface area (Å²) in [4.78, 5) is 25.1. The second-order valence-electron chi connectivity index (χ2n) is 11.4. The molecule has 0 radical (unpaired) electrons. The predicted molar refractivity (Wildman–Crippen MR) is 165 cm³/mol. The summed E-state index contributed by atoms with van der Waals surface area (Å²) in [6.45, 7) is 2.03. The van der Waals surface area contributed by atoms with Crippen molar-refractivity contribution in [3.05, 3.63) is 107 Å². The third-order valence-electron chi connectivity index (χ3n) is 7.71. The number of rotatable bonds is 16. The predicted octanol–water partition coefficient (Wildman–Crippen LogP) is 5.90. The monoisotopic (exact) mass is 588 g/mol. The molecular weight excluding hydrogens is 544 g/mol. The molecule has 1 fully saturated rings. The normalized spacial score (nSPS) is 18.4. The van der Waals surface area contributed by atoms with Gasteiger partial charge >= 0.3 is 5.97 Å². The molecule has 3 N–H and O–H groups in total. The molecule has 0 unspecified atom stereocenters. The van der Waals surface area contributed by atoms with Crippen molar-refractivity contribution in [3.8, 4) is 0 Å². The average Bonchev–Trinajstić information content (AvgIpc) is 3.02. The van der Waals surface area contributed by atoms with Crippen LogP contribution < -0.4 is 5.32 Å². The van der Waals surface area contributed by atoms with Gasteiger partial charge in [0.15, 0.2) is 6.29 Å². The fourth-order valence-corrected chi connectivity index (χ4v) is 5.34. The highest BCUT2D eigenvalue weighted by molar-refractivity contribution is 5.75. The number of aliphatic hydroxyl groups is 1. The Morgan fingerprint density at radius 3 is 2.14 bits per heavy atom. The highest BCUT2D eigenvalue weighted by Gasteiger charge is 2.32. The van der Waals surface area contributed by atoms with E-state index in [1.54, 1.807) is 0 Å². The van der Waals surface area contributed by atoms with E-state index in [2.05, 4.69) is 41.5 Å². The smallest absolute Gasteiger partial charge is 0.303 e. The first-order chi connectivity index (χ1) is 20.9. The zero-order valence-electron chi connectivity index (χ0n) is 25.0. The number of carboxylic acids is 1. The van der Waals surface area contributed by atoms with Gasteiger partial charge in [0.05, 0.1) is 18.8 Å². The minimum absolute atomic E-state index is 0.00113. The molecule has 8 nitrogen and oxygen atoms in total. The van der Waals surface area contributed by atoms with E-state index >= 15 is 0 Å². The number of likely N-dealkylation sites (N-methyl/N-ethyl adjacent to an activating group) is 1. The van der Waals surface area contributed by atoms with Gasteiger partial charge in [-0.1, -0.05) is 91.7 Å². The van der Waals surface area contributed by atoms with Crippen LogP contribution >= 0.6 is 0 Å². The van der Waals surface area contributed by atoms with E-state index in [1.807, 2.05) is 54.6 Å². The number of unbranched alkanes of at least 4 members (excludes halogenated alkanes) is 3. The first-order valence-corrected chi connectivity index (χ1v) is 15.2. The lowest BCUT2D eigenvalue weighted by Crippen LogP contribution is -2.37. The number of hydrogen-bond acceptors (Lipinski definition) is 6. The van der Waals surface area contributed by atoms with Crippen molar-refractivity contribution >= 4 is 11.9 Å². The Morgan fingerprint density at radius 1 is 0.814 bits per heavy atom. The van der Waals surface area contributed by atoms with Crippen molar-refractivity contribution in [2.24, 2.45) is 0 Å². The summed E-state index contributed by atoms with van der Waals surface area (Å²) in [7, 11) is 2.11. The minimum Gasteiger partial charge on any atom is -0.481 e. The maximum atomic E-state index is 12.3. The van der Waals surface area contributed by atoms with Gasteiger partial charge in [0.1, 0.15) is 0 Å². The number of carbonyl (C=O) groups excluding carboxylic acids is 1. The quantitative estimate of drug-likeness (QED) is 0.179. The molecule has 3 atom stereocenters. The van der Waals surface area contributed by atoms with Crippen LogP contribution in [-0.4, -0.2) is 46.7 Å². The van der Waals surface area contributed by atoms with Crippen LogP contribution in [0.2, 0.25) is 0 Å². The third kappa shape index (κ3) is 10.9. The van der Waals surface area contributed by atoms with E-state index in [4.69, 9.17) is 14.6 Å². The molecule has 0 spiro atoms. The number of nitrogens with one attached hydrogen (secondary N) is 1. The minimum atomic E-state index is -0.773. The van der Waals surface area contributed by atoms with Gasteiger partial charge in [0.25, 0.3) is 0 Å². The number of benzene rings is 3. The molecule has 0 bridgehead atoms. The molecule has 1 aliphatic rings. The molecule has 1 amide bonds. The van der Waals surface area contributed by atoms with Crippen LogP contribution in [0.3, 0.4) is 0 Å². The topological polar surface area (TPSA) is 108 Å². The Balaban J connectivity index is 1.33. The highest BCUT2D eigenvalue weighted by atomic mass is 16.7. The summed E-state index contributed by atoms with van der Waals surface area (Å²) >= 11 is 0. The van der Waals surface area contributed by atoms with Gasteiger partial charge < -0.3 is 25.0 Å². The van der Waals surface area contributed by atoms with Gasteiger partial charge in [-0.25, -0.2) is 0 Å². The zero-order valence-corrected chi connectivity index (χ0v) is 25.0.